The van der Waals surface area contributed by atoms with Crippen molar-refractivity contribution in [1.29, 1.82) is 0 Å². The molecule has 6 heteroatoms. The maximum atomic E-state index is 11.5. The Hall–Kier alpha value is -0.620. The molecule has 1 rings (SSSR count). The van der Waals surface area contributed by atoms with Crippen molar-refractivity contribution < 1.29 is 18.3 Å². The Kier molecular flexibility index (Phi) is 3.96. The molecule has 0 radical (unpaired) electrons. The van der Waals surface area contributed by atoms with Crippen molar-refractivity contribution in [1.82, 2.24) is 4.72 Å². The Balaban J connectivity index is 2.56. The highest BCUT2D eigenvalue weighted by molar-refractivity contribution is 7.90. The Bertz CT molecular complexity index is 357. The minimum atomic E-state index is -3.29. The molecule has 1 saturated carbocycles. The van der Waals surface area contributed by atoms with Crippen LogP contribution in [0, 0.1) is 5.41 Å². The van der Waals surface area contributed by atoms with E-state index in [0.717, 1.165) is 19.3 Å². The molecule has 0 atom stereocenters. The molecule has 1 aliphatic carbocycles. The minimum absolute atomic E-state index is 0.0492. The molecule has 0 spiro atoms. The van der Waals surface area contributed by atoms with Crippen molar-refractivity contribution in [2.45, 2.75) is 44.8 Å². The van der Waals surface area contributed by atoms with Gasteiger partial charge in [0.2, 0.25) is 10.0 Å². The lowest BCUT2D eigenvalue weighted by molar-refractivity contribution is -0.141. The second kappa shape index (κ2) is 4.71. The molecule has 16 heavy (non-hydrogen) atoms. The number of carboxylic acid groups (broad SMARTS) is 1. The van der Waals surface area contributed by atoms with Crippen LogP contribution in [0.2, 0.25) is 0 Å². The summed E-state index contributed by atoms with van der Waals surface area (Å²) in [6.45, 7) is 3.46. The average Bonchev–Trinajstić information content (AvgIpc) is 2.08. The highest BCUT2D eigenvalue weighted by Gasteiger charge is 2.39. The second-order valence-electron chi connectivity index (χ2n) is 4.84. The molecule has 0 aromatic rings. The molecule has 0 bridgehead atoms. The van der Waals surface area contributed by atoms with Gasteiger partial charge in [-0.15, -0.1) is 0 Å². The highest BCUT2D eigenvalue weighted by Crippen LogP contribution is 2.43. The van der Waals surface area contributed by atoms with Crippen molar-refractivity contribution in [2.24, 2.45) is 5.41 Å². The van der Waals surface area contributed by atoms with E-state index in [1.54, 1.807) is 13.8 Å². The molecule has 0 unspecified atom stereocenters. The number of sulfonamides is 1. The van der Waals surface area contributed by atoms with Crippen LogP contribution in [0.1, 0.15) is 39.5 Å². The summed E-state index contributed by atoms with van der Waals surface area (Å²) in [5.74, 6) is -0.858. The van der Waals surface area contributed by atoms with Crippen molar-refractivity contribution in [3.63, 3.8) is 0 Å². The molecule has 0 saturated heterocycles. The first-order valence-electron chi connectivity index (χ1n) is 5.48. The van der Waals surface area contributed by atoms with Gasteiger partial charge in [-0.2, -0.15) is 0 Å². The van der Waals surface area contributed by atoms with Crippen LogP contribution < -0.4 is 4.72 Å². The van der Waals surface area contributed by atoms with Crippen LogP contribution in [0.4, 0.5) is 0 Å². The van der Waals surface area contributed by atoms with Crippen molar-refractivity contribution in [3.8, 4) is 0 Å². The Morgan fingerprint density at radius 1 is 1.44 bits per heavy atom. The van der Waals surface area contributed by atoms with Gasteiger partial charge in [0.1, 0.15) is 0 Å². The lowest BCUT2D eigenvalue weighted by Crippen LogP contribution is -2.45. The molecule has 0 heterocycles. The topological polar surface area (TPSA) is 83.5 Å². The standard InChI is InChI=1S/C10H19NO4S/c1-8(2)16(14,15)11-7-10(4-3-5-10)6-9(12)13/h8,11H,3-7H2,1-2H3,(H,12,13). The molecule has 0 amide bonds. The van der Waals surface area contributed by atoms with Gasteiger partial charge >= 0.3 is 5.97 Å². The maximum absolute atomic E-state index is 11.5. The molecule has 0 aromatic carbocycles. The largest absolute Gasteiger partial charge is 0.481 e. The predicted octanol–water partition coefficient (Wildman–Crippen LogP) is 0.959. The zero-order valence-corrected chi connectivity index (χ0v) is 10.5. The first-order chi connectivity index (χ1) is 7.27. The van der Waals surface area contributed by atoms with Gasteiger partial charge in [-0.3, -0.25) is 4.79 Å². The fourth-order valence-electron chi connectivity index (χ4n) is 1.83. The zero-order chi connectivity index (χ0) is 12.4. The number of carbonyl (C=O) groups is 1. The van der Waals surface area contributed by atoms with Crippen molar-refractivity contribution in [2.75, 3.05) is 6.54 Å². The Labute approximate surface area is 96.3 Å². The van der Waals surface area contributed by atoms with Gasteiger partial charge in [0.25, 0.3) is 0 Å². The zero-order valence-electron chi connectivity index (χ0n) is 9.69. The summed E-state index contributed by atoms with van der Waals surface area (Å²) in [5, 5.41) is 8.30. The van der Waals surface area contributed by atoms with Gasteiger partial charge in [0, 0.05) is 6.54 Å². The van der Waals surface area contributed by atoms with Gasteiger partial charge < -0.3 is 5.11 Å². The SMILES string of the molecule is CC(C)S(=O)(=O)NCC1(CC(=O)O)CCC1. The fraction of sp³-hybridized carbons (Fsp3) is 0.900. The lowest BCUT2D eigenvalue weighted by atomic mass is 9.67. The summed E-state index contributed by atoms with van der Waals surface area (Å²) in [5.41, 5.74) is -0.353. The van der Waals surface area contributed by atoms with E-state index >= 15 is 0 Å². The molecule has 1 aliphatic rings. The molecule has 0 aliphatic heterocycles. The van der Waals surface area contributed by atoms with E-state index in [9.17, 15) is 13.2 Å². The summed E-state index contributed by atoms with van der Waals surface area (Å²) in [4.78, 5) is 10.7. The van der Waals surface area contributed by atoms with Crippen molar-refractivity contribution >= 4 is 16.0 Å². The average molecular weight is 249 g/mol. The monoisotopic (exact) mass is 249 g/mol. The Morgan fingerprint density at radius 2 is 2.00 bits per heavy atom. The molecule has 0 aromatic heterocycles. The smallest absolute Gasteiger partial charge is 0.303 e. The summed E-state index contributed by atoms with van der Waals surface area (Å²) < 4.78 is 25.6. The minimum Gasteiger partial charge on any atom is -0.481 e. The van der Waals surface area contributed by atoms with Crippen LogP contribution in [-0.2, 0) is 14.8 Å². The van der Waals surface area contributed by atoms with E-state index in [1.165, 1.54) is 0 Å². The van der Waals surface area contributed by atoms with E-state index in [1.807, 2.05) is 0 Å². The molecular weight excluding hydrogens is 230 g/mol. The summed E-state index contributed by atoms with van der Waals surface area (Å²) in [6, 6.07) is 0. The van der Waals surface area contributed by atoms with Crippen LogP contribution in [0.25, 0.3) is 0 Å². The van der Waals surface area contributed by atoms with E-state index in [2.05, 4.69) is 4.72 Å². The van der Waals surface area contributed by atoms with Gasteiger partial charge in [-0.25, -0.2) is 13.1 Å². The quantitative estimate of drug-likeness (QED) is 0.734. The third-order valence-corrected chi connectivity index (χ3v) is 5.00. The summed E-state index contributed by atoms with van der Waals surface area (Å²) >= 11 is 0. The number of rotatable bonds is 6. The van der Waals surface area contributed by atoms with Crippen molar-refractivity contribution in [3.05, 3.63) is 0 Å². The maximum Gasteiger partial charge on any atom is 0.303 e. The van der Waals surface area contributed by atoms with Crippen LogP contribution >= 0.6 is 0 Å². The number of hydrogen-bond donors (Lipinski definition) is 2. The fourth-order valence-corrected chi connectivity index (χ4v) is 2.67. The summed E-state index contributed by atoms with van der Waals surface area (Å²) in [7, 11) is -3.29. The molecule has 94 valence electrons. The molecule has 2 N–H and O–H groups in total. The highest BCUT2D eigenvalue weighted by atomic mass is 32.2. The van der Waals surface area contributed by atoms with Crippen LogP contribution in [0.5, 0.6) is 0 Å². The van der Waals surface area contributed by atoms with Crippen LogP contribution in [0.15, 0.2) is 0 Å². The molecule has 5 nitrogen and oxygen atoms in total. The van der Waals surface area contributed by atoms with Crippen LogP contribution in [-0.4, -0.2) is 31.3 Å². The number of hydrogen-bond acceptors (Lipinski definition) is 3. The van der Waals surface area contributed by atoms with Gasteiger partial charge in [0.15, 0.2) is 0 Å². The first-order valence-corrected chi connectivity index (χ1v) is 7.02. The Morgan fingerprint density at radius 3 is 2.31 bits per heavy atom. The normalized spacial score (nSPS) is 19.4. The number of nitrogens with one attached hydrogen (secondary N) is 1. The summed E-state index contributed by atoms with van der Waals surface area (Å²) in [6.07, 6.45) is 2.62. The van der Waals surface area contributed by atoms with Crippen LogP contribution in [0.3, 0.4) is 0 Å². The number of aliphatic carboxylic acids is 1. The van der Waals surface area contributed by atoms with Gasteiger partial charge in [0.05, 0.1) is 11.7 Å². The number of carboxylic acids is 1. The third-order valence-electron chi connectivity index (χ3n) is 3.21. The third kappa shape index (κ3) is 3.18. The van der Waals surface area contributed by atoms with E-state index in [-0.39, 0.29) is 18.4 Å². The predicted molar refractivity (Wildman–Crippen MR) is 60.6 cm³/mol. The second-order valence-corrected chi connectivity index (χ2v) is 7.16. The molecular formula is C10H19NO4S. The first kappa shape index (κ1) is 13.4. The van der Waals surface area contributed by atoms with E-state index in [0.29, 0.717) is 0 Å². The van der Waals surface area contributed by atoms with E-state index < -0.39 is 21.2 Å². The van der Waals surface area contributed by atoms with Gasteiger partial charge in [-0.05, 0) is 32.1 Å². The van der Waals surface area contributed by atoms with E-state index in [4.69, 9.17) is 5.11 Å². The lowest BCUT2D eigenvalue weighted by Gasteiger charge is -2.40. The van der Waals surface area contributed by atoms with Gasteiger partial charge in [-0.1, -0.05) is 6.42 Å². The molecule has 1 fully saturated rings.